The molecular formula is C28H32F3N5O4. The van der Waals surface area contributed by atoms with Crippen molar-refractivity contribution in [2.75, 3.05) is 19.0 Å². The molecule has 1 amide bonds. The van der Waals surface area contributed by atoms with Gasteiger partial charge < -0.3 is 20.5 Å². The summed E-state index contributed by atoms with van der Waals surface area (Å²) in [6, 6.07) is 10.4. The molecule has 1 unspecified atom stereocenters. The molecule has 4 rings (SSSR count). The first-order chi connectivity index (χ1) is 19.2. The molecule has 0 aliphatic heterocycles. The Kier molecular flexibility index (Phi) is 9.41. The number of carboxylic acid groups (broad SMARTS) is 1. The zero-order valence-electron chi connectivity index (χ0n) is 22.1. The predicted octanol–water partition coefficient (Wildman–Crippen LogP) is 5.37. The quantitative estimate of drug-likeness (QED) is 0.289. The number of amides is 1. The fourth-order valence-corrected chi connectivity index (χ4v) is 4.96. The summed E-state index contributed by atoms with van der Waals surface area (Å²) in [6.07, 6.45) is 2.21. The molecule has 1 aliphatic rings. The average molecular weight is 560 g/mol. The van der Waals surface area contributed by atoms with Gasteiger partial charge in [-0.3, -0.25) is 9.59 Å². The molecule has 0 saturated heterocycles. The van der Waals surface area contributed by atoms with Crippen molar-refractivity contribution in [2.45, 2.75) is 57.3 Å². The number of aromatic nitrogens is 3. The molecule has 0 spiro atoms. The third-order valence-corrected chi connectivity index (χ3v) is 6.91. The number of methoxy groups -OCH3 is 1. The first kappa shape index (κ1) is 29.1. The summed E-state index contributed by atoms with van der Waals surface area (Å²) in [6.45, 7) is 0.201. The minimum Gasteiger partial charge on any atom is -0.481 e. The average Bonchev–Trinajstić information content (AvgIpc) is 3.35. The number of nitrogens with zero attached hydrogens (tertiary/aromatic N) is 3. The van der Waals surface area contributed by atoms with Crippen LogP contribution in [0.25, 0.3) is 5.82 Å². The standard InChI is InChI=1S/C28H32F3N5O4/c1-40-17-22-21(16-36(35-22)24-9-5-8-23(34-24)28(29,30)31)26(18-6-3-2-4-7-18)33-20-12-10-19(11-13-20)27(39)32-15-14-25(37)38/h5,8-13,16,18,26,33H,2-4,6-7,14-15,17H2,1H3,(H,32,39)(H,37,38). The maximum atomic E-state index is 13.3. The second kappa shape index (κ2) is 12.9. The van der Waals surface area contributed by atoms with Crippen molar-refractivity contribution in [3.63, 3.8) is 0 Å². The van der Waals surface area contributed by atoms with Crippen LogP contribution in [0.4, 0.5) is 18.9 Å². The second-order valence-corrected chi connectivity index (χ2v) is 9.78. The Balaban J connectivity index is 1.62. The van der Waals surface area contributed by atoms with Gasteiger partial charge in [0.2, 0.25) is 0 Å². The molecule has 1 aliphatic carbocycles. The summed E-state index contributed by atoms with van der Waals surface area (Å²) in [5, 5.41) is 19.5. The van der Waals surface area contributed by atoms with Gasteiger partial charge >= 0.3 is 12.1 Å². The van der Waals surface area contributed by atoms with Crippen LogP contribution in [0.1, 0.15) is 71.9 Å². The molecule has 0 radical (unpaired) electrons. The number of halogens is 3. The Hall–Kier alpha value is -3.93. The molecule has 1 fully saturated rings. The Morgan fingerprint density at radius 3 is 2.50 bits per heavy atom. The minimum absolute atomic E-state index is 0.0327. The van der Waals surface area contributed by atoms with Crippen LogP contribution in [0, 0.1) is 5.92 Å². The summed E-state index contributed by atoms with van der Waals surface area (Å²) >= 11 is 0. The van der Waals surface area contributed by atoms with E-state index in [1.165, 1.54) is 23.9 Å². The predicted molar refractivity (Wildman–Crippen MR) is 141 cm³/mol. The second-order valence-electron chi connectivity index (χ2n) is 9.78. The maximum absolute atomic E-state index is 13.3. The molecule has 0 bridgehead atoms. The normalized spacial score (nSPS) is 15.0. The summed E-state index contributed by atoms with van der Waals surface area (Å²) < 4.78 is 46.7. The number of anilines is 1. The minimum atomic E-state index is -4.58. The largest absolute Gasteiger partial charge is 0.481 e. The van der Waals surface area contributed by atoms with E-state index in [9.17, 15) is 22.8 Å². The number of aliphatic carboxylic acids is 1. The molecule has 9 nitrogen and oxygen atoms in total. The molecule has 12 heteroatoms. The van der Waals surface area contributed by atoms with E-state index in [2.05, 4.69) is 20.7 Å². The lowest BCUT2D eigenvalue weighted by atomic mass is 9.81. The number of benzene rings is 1. The third-order valence-electron chi connectivity index (χ3n) is 6.91. The highest BCUT2D eigenvalue weighted by molar-refractivity contribution is 5.94. The zero-order chi connectivity index (χ0) is 28.7. The summed E-state index contributed by atoms with van der Waals surface area (Å²) in [7, 11) is 1.54. The zero-order valence-corrected chi connectivity index (χ0v) is 22.1. The van der Waals surface area contributed by atoms with Gasteiger partial charge in [0.05, 0.1) is 24.8 Å². The molecule has 214 valence electrons. The van der Waals surface area contributed by atoms with Crippen molar-refractivity contribution in [3.8, 4) is 5.82 Å². The number of hydrogen-bond donors (Lipinski definition) is 3. The molecule has 3 aromatic rings. The van der Waals surface area contributed by atoms with Crippen molar-refractivity contribution in [2.24, 2.45) is 5.92 Å². The summed E-state index contributed by atoms with van der Waals surface area (Å²) in [4.78, 5) is 26.8. The Morgan fingerprint density at radius 1 is 1.12 bits per heavy atom. The maximum Gasteiger partial charge on any atom is 0.433 e. The van der Waals surface area contributed by atoms with E-state index < -0.39 is 17.8 Å². The fraction of sp³-hybridized carbons (Fsp3) is 0.429. The van der Waals surface area contributed by atoms with Gasteiger partial charge in [-0.15, -0.1) is 0 Å². The number of rotatable bonds is 11. The van der Waals surface area contributed by atoms with Crippen LogP contribution < -0.4 is 10.6 Å². The highest BCUT2D eigenvalue weighted by Crippen LogP contribution is 2.38. The van der Waals surface area contributed by atoms with Crippen molar-refractivity contribution in [3.05, 3.63) is 71.2 Å². The van der Waals surface area contributed by atoms with E-state index in [0.717, 1.165) is 49.4 Å². The number of ether oxygens (including phenoxy) is 1. The highest BCUT2D eigenvalue weighted by atomic mass is 19.4. The van der Waals surface area contributed by atoms with Crippen LogP contribution in [-0.4, -0.2) is 45.4 Å². The molecule has 1 aromatic carbocycles. The summed E-state index contributed by atoms with van der Waals surface area (Å²) in [5.74, 6) is -1.06. The van der Waals surface area contributed by atoms with Crippen molar-refractivity contribution < 1.29 is 32.6 Å². The summed E-state index contributed by atoms with van der Waals surface area (Å²) in [5.41, 5.74) is 1.56. The van der Waals surface area contributed by atoms with E-state index >= 15 is 0 Å². The van der Waals surface area contributed by atoms with Gasteiger partial charge in [0.1, 0.15) is 5.69 Å². The smallest absolute Gasteiger partial charge is 0.433 e. The molecule has 2 heterocycles. The van der Waals surface area contributed by atoms with E-state index in [-0.39, 0.29) is 43.3 Å². The van der Waals surface area contributed by atoms with Crippen molar-refractivity contribution in [1.82, 2.24) is 20.1 Å². The monoisotopic (exact) mass is 559 g/mol. The third kappa shape index (κ3) is 7.38. The Bertz CT molecular complexity index is 1300. The lowest BCUT2D eigenvalue weighted by molar-refractivity contribution is -0.141. The van der Waals surface area contributed by atoms with E-state index in [1.54, 1.807) is 30.5 Å². The van der Waals surface area contributed by atoms with Crippen LogP contribution in [0.3, 0.4) is 0 Å². The van der Waals surface area contributed by atoms with Gasteiger partial charge in [-0.25, -0.2) is 9.67 Å². The topological polar surface area (TPSA) is 118 Å². The van der Waals surface area contributed by atoms with Gasteiger partial charge in [0, 0.05) is 36.7 Å². The van der Waals surface area contributed by atoms with Gasteiger partial charge in [-0.2, -0.15) is 18.3 Å². The molecular weight excluding hydrogens is 527 g/mol. The van der Waals surface area contributed by atoms with E-state index in [1.807, 2.05) is 0 Å². The molecule has 1 atom stereocenters. The van der Waals surface area contributed by atoms with Crippen molar-refractivity contribution in [1.29, 1.82) is 0 Å². The van der Waals surface area contributed by atoms with E-state index in [0.29, 0.717) is 11.3 Å². The number of carbonyl (C=O) groups excluding carboxylic acids is 1. The lowest BCUT2D eigenvalue weighted by Crippen LogP contribution is -2.26. The van der Waals surface area contributed by atoms with Gasteiger partial charge in [0.15, 0.2) is 5.82 Å². The fourth-order valence-electron chi connectivity index (χ4n) is 4.96. The number of nitrogens with one attached hydrogen (secondary N) is 2. The van der Waals surface area contributed by atoms with Crippen LogP contribution in [0.5, 0.6) is 0 Å². The SMILES string of the molecule is COCc1nn(-c2cccc(C(F)(F)F)n2)cc1C(Nc1ccc(C(=O)NCCC(=O)O)cc1)C1CCCCC1. The number of carbonyl (C=O) groups is 2. The van der Waals surface area contributed by atoms with Gasteiger partial charge in [0.25, 0.3) is 5.91 Å². The lowest BCUT2D eigenvalue weighted by Gasteiger charge is -2.32. The van der Waals surface area contributed by atoms with Crippen LogP contribution in [0.2, 0.25) is 0 Å². The van der Waals surface area contributed by atoms with E-state index in [4.69, 9.17) is 9.84 Å². The Morgan fingerprint density at radius 2 is 1.85 bits per heavy atom. The van der Waals surface area contributed by atoms with Gasteiger partial charge in [-0.05, 0) is 55.2 Å². The first-order valence-electron chi connectivity index (χ1n) is 13.1. The number of alkyl halides is 3. The number of hydrogen-bond acceptors (Lipinski definition) is 6. The molecule has 3 N–H and O–H groups in total. The van der Waals surface area contributed by atoms with Crippen LogP contribution in [0.15, 0.2) is 48.7 Å². The van der Waals surface area contributed by atoms with Crippen molar-refractivity contribution >= 4 is 17.6 Å². The van der Waals surface area contributed by atoms with Crippen LogP contribution in [-0.2, 0) is 22.3 Å². The first-order valence-corrected chi connectivity index (χ1v) is 13.1. The molecule has 40 heavy (non-hydrogen) atoms. The highest BCUT2D eigenvalue weighted by Gasteiger charge is 2.33. The molecule has 2 aromatic heterocycles. The van der Waals surface area contributed by atoms with Gasteiger partial charge in [-0.1, -0.05) is 25.3 Å². The Labute approximate surface area is 229 Å². The molecule has 1 saturated carbocycles. The number of carboxylic acids is 1. The van der Waals surface area contributed by atoms with Crippen LogP contribution >= 0.6 is 0 Å². The number of pyridine rings is 1.